The first-order valence-corrected chi connectivity index (χ1v) is 6.39. The SMILES string of the molecule is CNC1CCCC(N2CCCC2CO)C1. The molecule has 2 aliphatic rings. The third-order valence-electron chi connectivity index (χ3n) is 4.16. The predicted molar refractivity (Wildman–Crippen MR) is 61.9 cm³/mol. The lowest BCUT2D eigenvalue weighted by molar-refractivity contribution is 0.0901. The maximum Gasteiger partial charge on any atom is 0.0586 e. The van der Waals surface area contributed by atoms with Crippen LogP contribution in [0.2, 0.25) is 0 Å². The first-order chi connectivity index (χ1) is 7.35. The Hall–Kier alpha value is -0.120. The molecule has 2 fully saturated rings. The molecule has 0 spiro atoms. The highest BCUT2D eigenvalue weighted by Crippen LogP contribution is 2.29. The Morgan fingerprint density at radius 1 is 1.27 bits per heavy atom. The van der Waals surface area contributed by atoms with Gasteiger partial charge in [-0.1, -0.05) is 6.42 Å². The summed E-state index contributed by atoms with van der Waals surface area (Å²) in [5.41, 5.74) is 0. The second kappa shape index (κ2) is 5.28. The highest BCUT2D eigenvalue weighted by molar-refractivity contribution is 4.89. The van der Waals surface area contributed by atoms with Gasteiger partial charge in [-0.15, -0.1) is 0 Å². The van der Waals surface area contributed by atoms with E-state index in [4.69, 9.17) is 0 Å². The quantitative estimate of drug-likeness (QED) is 0.732. The van der Waals surface area contributed by atoms with Crippen LogP contribution in [-0.4, -0.2) is 48.3 Å². The van der Waals surface area contributed by atoms with E-state index in [2.05, 4.69) is 17.3 Å². The van der Waals surface area contributed by atoms with Crippen LogP contribution in [0.1, 0.15) is 38.5 Å². The summed E-state index contributed by atoms with van der Waals surface area (Å²) in [6.45, 7) is 1.55. The minimum atomic E-state index is 0.348. The molecule has 1 heterocycles. The molecule has 1 saturated heterocycles. The van der Waals surface area contributed by atoms with E-state index in [-0.39, 0.29) is 0 Å². The van der Waals surface area contributed by atoms with Crippen molar-refractivity contribution in [3.05, 3.63) is 0 Å². The monoisotopic (exact) mass is 212 g/mol. The van der Waals surface area contributed by atoms with Gasteiger partial charge in [0.25, 0.3) is 0 Å². The Morgan fingerprint density at radius 3 is 2.87 bits per heavy atom. The number of hydrogen-bond donors (Lipinski definition) is 2. The van der Waals surface area contributed by atoms with E-state index in [9.17, 15) is 5.11 Å². The fourth-order valence-corrected chi connectivity index (χ4v) is 3.26. The van der Waals surface area contributed by atoms with Crippen LogP contribution in [0.4, 0.5) is 0 Å². The molecule has 0 bridgehead atoms. The van der Waals surface area contributed by atoms with Crippen molar-refractivity contribution in [2.24, 2.45) is 0 Å². The third-order valence-corrected chi connectivity index (χ3v) is 4.16. The van der Waals surface area contributed by atoms with Gasteiger partial charge in [0, 0.05) is 18.1 Å². The molecule has 15 heavy (non-hydrogen) atoms. The number of likely N-dealkylation sites (tertiary alicyclic amines) is 1. The molecule has 3 unspecified atom stereocenters. The van der Waals surface area contributed by atoms with Gasteiger partial charge in [-0.2, -0.15) is 0 Å². The molecule has 1 aliphatic heterocycles. The van der Waals surface area contributed by atoms with Gasteiger partial charge in [0.1, 0.15) is 0 Å². The largest absolute Gasteiger partial charge is 0.395 e. The van der Waals surface area contributed by atoms with Crippen molar-refractivity contribution in [1.29, 1.82) is 0 Å². The fourth-order valence-electron chi connectivity index (χ4n) is 3.26. The van der Waals surface area contributed by atoms with Crippen LogP contribution < -0.4 is 5.32 Å². The number of nitrogens with zero attached hydrogens (tertiary/aromatic N) is 1. The molecule has 2 rings (SSSR count). The second-order valence-electron chi connectivity index (χ2n) is 5.02. The summed E-state index contributed by atoms with van der Waals surface area (Å²) < 4.78 is 0. The summed E-state index contributed by atoms with van der Waals surface area (Å²) in [7, 11) is 2.07. The van der Waals surface area contributed by atoms with Crippen LogP contribution in [0.3, 0.4) is 0 Å². The minimum Gasteiger partial charge on any atom is -0.395 e. The molecule has 0 radical (unpaired) electrons. The zero-order valence-corrected chi connectivity index (χ0v) is 9.78. The summed E-state index contributed by atoms with van der Waals surface area (Å²) in [6.07, 6.45) is 7.72. The van der Waals surface area contributed by atoms with E-state index in [1.807, 2.05) is 0 Å². The number of aliphatic hydroxyl groups is 1. The van der Waals surface area contributed by atoms with Gasteiger partial charge in [0.2, 0.25) is 0 Å². The lowest BCUT2D eigenvalue weighted by atomic mass is 9.89. The Morgan fingerprint density at radius 2 is 2.13 bits per heavy atom. The molecule has 3 atom stereocenters. The Labute approximate surface area is 92.8 Å². The van der Waals surface area contributed by atoms with Gasteiger partial charge in [-0.25, -0.2) is 0 Å². The molecular formula is C12H24N2O. The summed E-state index contributed by atoms with van der Waals surface area (Å²) in [6, 6.07) is 1.87. The normalized spacial score (nSPS) is 38.4. The van der Waals surface area contributed by atoms with Gasteiger partial charge in [0.15, 0.2) is 0 Å². The zero-order chi connectivity index (χ0) is 10.7. The third kappa shape index (κ3) is 2.52. The van der Waals surface area contributed by atoms with Crippen molar-refractivity contribution in [3.8, 4) is 0 Å². The van der Waals surface area contributed by atoms with Crippen molar-refractivity contribution in [3.63, 3.8) is 0 Å². The summed E-state index contributed by atoms with van der Waals surface area (Å²) in [5, 5.41) is 12.7. The number of hydrogen-bond acceptors (Lipinski definition) is 3. The van der Waals surface area contributed by atoms with E-state index in [1.165, 1.54) is 45.1 Å². The summed E-state index contributed by atoms with van der Waals surface area (Å²) in [5.74, 6) is 0. The molecule has 1 aliphatic carbocycles. The number of nitrogens with one attached hydrogen (secondary N) is 1. The van der Waals surface area contributed by atoms with E-state index in [1.54, 1.807) is 0 Å². The van der Waals surface area contributed by atoms with E-state index in [0.29, 0.717) is 18.7 Å². The van der Waals surface area contributed by atoms with E-state index >= 15 is 0 Å². The smallest absolute Gasteiger partial charge is 0.0586 e. The van der Waals surface area contributed by atoms with Crippen LogP contribution >= 0.6 is 0 Å². The average molecular weight is 212 g/mol. The predicted octanol–water partition coefficient (Wildman–Crippen LogP) is 0.974. The van der Waals surface area contributed by atoms with Gasteiger partial charge in [0.05, 0.1) is 6.61 Å². The van der Waals surface area contributed by atoms with Crippen LogP contribution in [-0.2, 0) is 0 Å². The number of rotatable bonds is 3. The average Bonchev–Trinajstić information content (AvgIpc) is 2.77. The van der Waals surface area contributed by atoms with Crippen LogP contribution in [0, 0.1) is 0 Å². The van der Waals surface area contributed by atoms with Crippen molar-refractivity contribution in [2.75, 3.05) is 20.2 Å². The topological polar surface area (TPSA) is 35.5 Å². The van der Waals surface area contributed by atoms with Gasteiger partial charge >= 0.3 is 0 Å². The van der Waals surface area contributed by atoms with Gasteiger partial charge in [-0.3, -0.25) is 4.90 Å². The van der Waals surface area contributed by atoms with Crippen LogP contribution in [0.15, 0.2) is 0 Å². The molecule has 1 saturated carbocycles. The highest BCUT2D eigenvalue weighted by Gasteiger charge is 2.32. The summed E-state index contributed by atoms with van der Waals surface area (Å²) in [4.78, 5) is 2.56. The number of aliphatic hydroxyl groups excluding tert-OH is 1. The van der Waals surface area contributed by atoms with E-state index in [0.717, 1.165) is 6.04 Å². The van der Waals surface area contributed by atoms with Gasteiger partial charge < -0.3 is 10.4 Å². The Kier molecular flexibility index (Phi) is 4.00. The first kappa shape index (κ1) is 11.4. The molecule has 3 nitrogen and oxygen atoms in total. The van der Waals surface area contributed by atoms with Gasteiger partial charge in [-0.05, 0) is 45.7 Å². The molecule has 88 valence electrons. The minimum absolute atomic E-state index is 0.348. The van der Waals surface area contributed by atoms with Crippen LogP contribution in [0.25, 0.3) is 0 Å². The summed E-state index contributed by atoms with van der Waals surface area (Å²) >= 11 is 0. The Bertz CT molecular complexity index is 198. The van der Waals surface area contributed by atoms with Crippen molar-refractivity contribution < 1.29 is 5.11 Å². The first-order valence-electron chi connectivity index (χ1n) is 6.39. The second-order valence-corrected chi connectivity index (χ2v) is 5.02. The van der Waals surface area contributed by atoms with Crippen molar-refractivity contribution >= 4 is 0 Å². The molecular weight excluding hydrogens is 188 g/mol. The molecule has 0 aromatic carbocycles. The lowest BCUT2D eigenvalue weighted by Crippen LogP contribution is -2.46. The zero-order valence-electron chi connectivity index (χ0n) is 9.78. The standard InChI is InChI=1S/C12H24N2O/c1-13-10-4-2-5-11(8-10)14-7-3-6-12(14)9-15/h10-13,15H,2-9H2,1H3. The van der Waals surface area contributed by atoms with Crippen molar-refractivity contribution in [2.45, 2.75) is 56.7 Å². The Balaban J connectivity index is 1.91. The van der Waals surface area contributed by atoms with Crippen molar-refractivity contribution in [1.82, 2.24) is 10.2 Å². The van der Waals surface area contributed by atoms with Crippen LogP contribution in [0.5, 0.6) is 0 Å². The maximum atomic E-state index is 9.33. The lowest BCUT2D eigenvalue weighted by Gasteiger charge is -2.38. The molecule has 0 amide bonds. The molecule has 0 aromatic rings. The molecule has 3 heteroatoms. The molecule has 0 aromatic heterocycles. The molecule has 2 N–H and O–H groups in total. The van der Waals surface area contributed by atoms with E-state index < -0.39 is 0 Å². The maximum absolute atomic E-state index is 9.33. The fraction of sp³-hybridized carbons (Fsp3) is 1.00. The highest BCUT2D eigenvalue weighted by atomic mass is 16.3.